The molecular formula is C10H11BrN2O2. The summed E-state index contributed by atoms with van der Waals surface area (Å²) in [5.74, 6) is 0. The number of hydrogen-bond acceptors (Lipinski definition) is 3. The second-order valence-corrected chi connectivity index (χ2v) is 4.55. The highest BCUT2D eigenvalue weighted by Gasteiger charge is 2.18. The van der Waals surface area contributed by atoms with Crippen LogP contribution in [0, 0.1) is 10.1 Å². The summed E-state index contributed by atoms with van der Waals surface area (Å²) in [6.07, 6.45) is 3.63. The number of hydrogen-bond donors (Lipinski definition) is 1. The second kappa shape index (κ2) is 4.18. The minimum Gasteiger partial charge on any atom is -0.381 e. The van der Waals surface area contributed by atoms with Gasteiger partial charge in [0.05, 0.1) is 4.92 Å². The van der Waals surface area contributed by atoms with Crippen LogP contribution in [0.25, 0.3) is 0 Å². The first-order valence-electron chi connectivity index (χ1n) is 4.87. The lowest BCUT2D eigenvalue weighted by molar-refractivity contribution is -0.384. The lowest BCUT2D eigenvalue weighted by Crippen LogP contribution is -2.27. The molecule has 0 radical (unpaired) electrons. The zero-order chi connectivity index (χ0) is 10.8. The second-order valence-electron chi connectivity index (χ2n) is 3.69. The molecule has 2 rings (SSSR count). The molecule has 0 unspecified atom stereocenters. The molecule has 15 heavy (non-hydrogen) atoms. The van der Waals surface area contributed by atoms with Crippen LogP contribution in [-0.4, -0.2) is 11.0 Å². The molecule has 1 aliphatic rings. The van der Waals surface area contributed by atoms with Crippen molar-refractivity contribution in [2.75, 3.05) is 5.32 Å². The van der Waals surface area contributed by atoms with Crippen molar-refractivity contribution in [1.82, 2.24) is 0 Å². The Morgan fingerprint density at radius 1 is 1.47 bits per heavy atom. The lowest BCUT2D eigenvalue weighted by Gasteiger charge is -2.27. The molecule has 1 fully saturated rings. The minimum absolute atomic E-state index is 0.112. The fourth-order valence-corrected chi connectivity index (χ4v) is 1.99. The van der Waals surface area contributed by atoms with Gasteiger partial charge < -0.3 is 5.32 Å². The average molecular weight is 271 g/mol. The molecule has 0 aromatic heterocycles. The van der Waals surface area contributed by atoms with Gasteiger partial charge in [0.2, 0.25) is 0 Å². The van der Waals surface area contributed by atoms with Crippen LogP contribution < -0.4 is 5.32 Å². The van der Waals surface area contributed by atoms with Gasteiger partial charge >= 0.3 is 0 Å². The van der Waals surface area contributed by atoms with Crippen molar-refractivity contribution >= 4 is 27.3 Å². The van der Waals surface area contributed by atoms with Gasteiger partial charge in [-0.2, -0.15) is 0 Å². The number of nitro benzene ring substituents is 1. The highest BCUT2D eigenvalue weighted by Crippen LogP contribution is 2.30. The van der Waals surface area contributed by atoms with Crippen LogP contribution >= 0.6 is 15.9 Å². The van der Waals surface area contributed by atoms with Crippen LogP contribution in [0.15, 0.2) is 22.7 Å². The number of anilines is 1. The Morgan fingerprint density at radius 2 is 2.20 bits per heavy atom. The SMILES string of the molecule is O=[N+]([O-])c1ccc(NC2CCC2)c(Br)c1. The summed E-state index contributed by atoms with van der Waals surface area (Å²) in [6, 6.07) is 5.33. The fourth-order valence-electron chi connectivity index (χ4n) is 1.51. The van der Waals surface area contributed by atoms with Gasteiger partial charge in [-0.15, -0.1) is 0 Å². The van der Waals surface area contributed by atoms with E-state index in [9.17, 15) is 10.1 Å². The number of nitro groups is 1. The Hall–Kier alpha value is -1.10. The monoisotopic (exact) mass is 270 g/mol. The molecule has 4 nitrogen and oxygen atoms in total. The standard InChI is InChI=1S/C10H11BrN2O2/c11-9-6-8(13(14)15)4-5-10(9)12-7-2-1-3-7/h4-7,12H,1-3H2. The van der Waals surface area contributed by atoms with Crippen LogP contribution in [-0.2, 0) is 0 Å². The van der Waals surface area contributed by atoms with Gasteiger partial charge in [-0.3, -0.25) is 10.1 Å². The first-order chi connectivity index (χ1) is 7.16. The van der Waals surface area contributed by atoms with E-state index < -0.39 is 4.92 Å². The highest BCUT2D eigenvalue weighted by atomic mass is 79.9. The fraction of sp³-hybridized carbons (Fsp3) is 0.400. The van der Waals surface area contributed by atoms with Gasteiger partial charge in [-0.25, -0.2) is 0 Å². The van der Waals surface area contributed by atoms with E-state index in [1.807, 2.05) is 0 Å². The first-order valence-corrected chi connectivity index (χ1v) is 5.66. The molecule has 1 saturated carbocycles. The molecule has 0 aliphatic heterocycles. The molecule has 1 aliphatic carbocycles. The summed E-state index contributed by atoms with van der Waals surface area (Å²) in [4.78, 5) is 10.1. The largest absolute Gasteiger partial charge is 0.381 e. The molecule has 0 bridgehead atoms. The van der Waals surface area contributed by atoms with Crippen molar-refractivity contribution in [3.05, 3.63) is 32.8 Å². The molecule has 0 atom stereocenters. The topological polar surface area (TPSA) is 55.2 Å². The van der Waals surface area contributed by atoms with Crippen LogP contribution in [0.5, 0.6) is 0 Å². The van der Waals surface area contributed by atoms with Gasteiger partial charge in [-0.05, 0) is 41.3 Å². The maximum absolute atomic E-state index is 10.5. The first kappa shape index (κ1) is 10.4. The van der Waals surface area contributed by atoms with Gasteiger partial charge in [0, 0.05) is 28.3 Å². The van der Waals surface area contributed by atoms with E-state index in [1.54, 1.807) is 6.07 Å². The number of benzene rings is 1. The molecule has 0 heterocycles. The average Bonchev–Trinajstić information content (AvgIpc) is 2.12. The van der Waals surface area contributed by atoms with E-state index in [2.05, 4.69) is 21.2 Å². The molecule has 80 valence electrons. The normalized spacial score (nSPS) is 15.8. The number of nitrogens with one attached hydrogen (secondary N) is 1. The molecule has 1 aromatic rings. The van der Waals surface area contributed by atoms with E-state index in [0.29, 0.717) is 6.04 Å². The van der Waals surface area contributed by atoms with Crippen LogP contribution in [0.3, 0.4) is 0 Å². The molecule has 0 saturated heterocycles. The molecular weight excluding hydrogens is 260 g/mol. The molecule has 0 spiro atoms. The number of nitrogens with zero attached hydrogens (tertiary/aromatic N) is 1. The van der Waals surface area contributed by atoms with Gasteiger partial charge in [-0.1, -0.05) is 0 Å². The summed E-state index contributed by atoms with van der Waals surface area (Å²) >= 11 is 3.33. The van der Waals surface area contributed by atoms with Crippen molar-refractivity contribution in [2.45, 2.75) is 25.3 Å². The molecule has 5 heteroatoms. The smallest absolute Gasteiger partial charge is 0.270 e. The Morgan fingerprint density at radius 3 is 2.67 bits per heavy atom. The van der Waals surface area contributed by atoms with E-state index in [0.717, 1.165) is 10.2 Å². The van der Waals surface area contributed by atoms with Gasteiger partial charge in [0.1, 0.15) is 0 Å². The van der Waals surface area contributed by atoms with Crippen molar-refractivity contribution < 1.29 is 4.92 Å². The van der Waals surface area contributed by atoms with E-state index >= 15 is 0 Å². The summed E-state index contributed by atoms with van der Waals surface area (Å²) in [6.45, 7) is 0. The van der Waals surface area contributed by atoms with Crippen LogP contribution in [0.4, 0.5) is 11.4 Å². The van der Waals surface area contributed by atoms with Crippen molar-refractivity contribution in [3.8, 4) is 0 Å². The molecule has 1 aromatic carbocycles. The van der Waals surface area contributed by atoms with E-state index in [1.165, 1.54) is 31.4 Å². The summed E-state index contributed by atoms with van der Waals surface area (Å²) in [7, 11) is 0. The maximum atomic E-state index is 10.5. The Kier molecular flexibility index (Phi) is 2.90. The zero-order valence-corrected chi connectivity index (χ0v) is 9.66. The number of halogens is 1. The third-order valence-electron chi connectivity index (χ3n) is 2.63. The lowest BCUT2D eigenvalue weighted by atomic mass is 9.93. The van der Waals surface area contributed by atoms with Crippen LogP contribution in [0.1, 0.15) is 19.3 Å². The Balaban J connectivity index is 2.14. The Labute approximate surface area is 96.0 Å². The molecule has 1 N–H and O–H groups in total. The third kappa shape index (κ3) is 2.28. The van der Waals surface area contributed by atoms with Crippen molar-refractivity contribution in [1.29, 1.82) is 0 Å². The van der Waals surface area contributed by atoms with Gasteiger partial charge in [0.15, 0.2) is 0 Å². The van der Waals surface area contributed by atoms with Crippen molar-refractivity contribution in [2.24, 2.45) is 0 Å². The van der Waals surface area contributed by atoms with Gasteiger partial charge in [0.25, 0.3) is 5.69 Å². The summed E-state index contributed by atoms with van der Waals surface area (Å²) in [5, 5.41) is 13.9. The minimum atomic E-state index is -0.391. The summed E-state index contributed by atoms with van der Waals surface area (Å²) < 4.78 is 0.753. The quantitative estimate of drug-likeness (QED) is 0.677. The van der Waals surface area contributed by atoms with Crippen molar-refractivity contribution in [3.63, 3.8) is 0 Å². The van der Waals surface area contributed by atoms with E-state index in [4.69, 9.17) is 0 Å². The predicted octanol–water partition coefficient (Wildman–Crippen LogP) is 3.32. The predicted molar refractivity (Wildman–Crippen MR) is 62.1 cm³/mol. The van der Waals surface area contributed by atoms with Crippen LogP contribution in [0.2, 0.25) is 0 Å². The highest BCUT2D eigenvalue weighted by molar-refractivity contribution is 9.10. The Bertz CT molecular complexity index is 391. The number of non-ortho nitro benzene ring substituents is 1. The zero-order valence-electron chi connectivity index (χ0n) is 8.07. The molecule has 0 amide bonds. The van der Waals surface area contributed by atoms with E-state index in [-0.39, 0.29) is 5.69 Å². The maximum Gasteiger partial charge on any atom is 0.270 e. The number of rotatable bonds is 3. The third-order valence-corrected chi connectivity index (χ3v) is 3.28. The summed E-state index contributed by atoms with van der Waals surface area (Å²) in [5.41, 5.74) is 1.05.